The molecule has 5 atom stereocenters. The van der Waals surface area contributed by atoms with Gasteiger partial charge in [0.1, 0.15) is 36.0 Å². The van der Waals surface area contributed by atoms with E-state index in [9.17, 15) is 10.1 Å². The second kappa shape index (κ2) is 17.8. The Morgan fingerprint density at radius 1 is 0.612 bits per heavy atom. The summed E-state index contributed by atoms with van der Waals surface area (Å²) in [6, 6.07) is 42.9. The Hall–Kier alpha value is -4.42. The number of thioether (sulfide) groups is 1. The molecule has 0 bridgehead atoms. The fraction of sp³-hybridized carbons (Fsp3) is 0.256. The Morgan fingerprint density at radius 2 is 1.08 bits per heavy atom. The van der Waals surface area contributed by atoms with Gasteiger partial charge in [0.2, 0.25) is 0 Å². The van der Waals surface area contributed by atoms with E-state index >= 15 is 0 Å². The van der Waals surface area contributed by atoms with Gasteiger partial charge in [-0.2, -0.15) is 0 Å². The lowest BCUT2D eigenvalue weighted by molar-refractivity contribution is -0.385. The van der Waals surface area contributed by atoms with Gasteiger partial charge in [-0.25, -0.2) is 4.98 Å². The summed E-state index contributed by atoms with van der Waals surface area (Å²) < 4.78 is 33.2. The van der Waals surface area contributed by atoms with Gasteiger partial charge in [0, 0.05) is 6.07 Å². The van der Waals surface area contributed by atoms with Crippen molar-refractivity contribution in [2.45, 2.75) is 61.3 Å². The van der Waals surface area contributed by atoms with E-state index in [-0.39, 0.29) is 12.3 Å². The monoisotopic (exact) mass is 678 g/mol. The average Bonchev–Trinajstić information content (AvgIpc) is 3.15. The molecule has 0 aliphatic carbocycles. The molecule has 1 saturated heterocycles. The van der Waals surface area contributed by atoms with Crippen LogP contribution >= 0.6 is 11.8 Å². The predicted molar refractivity (Wildman–Crippen MR) is 187 cm³/mol. The van der Waals surface area contributed by atoms with Crippen molar-refractivity contribution in [3.05, 3.63) is 172 Å². The number of nitrogens with zero attached hydrogens (tertiary/aromatic N) is 2. The van der Waals surface area contributed by atoms with Crippen LogP contribution in [0.25, 0.3) is 0 Å². The molecule has 5 aromatic rings. The average molecular weight is 679 g/mol. The lowest BCUT2D eigenvalue weighted by Gasteiger charge is -2.46. The van der Waals surface area contributed by atoms with Gasteiger partial charge in [0.15, 0.2) is 0 Å². The first-order chi connectivity index (χ1) is 24.1. The van der Waals surface area contributed by atoms with E-state index in [1.54, 1.807) is 6.07 Å². The van der Waals surface area contributed by atoms with E-state index in [4.69, 9.17) is 23.7 Å². The molecule has 1 aromatic heterocycles. The highest BCUT2D eigenvalue weighted by Crippen LogP contribution is 2.38. The maximum Gasteiger partial charge on any atom is 0.287 e. The first-order valence-corrected chi connectivity index (χ1v) is 17.0. The zero-order chi connectivity index (χ0) is 33.7. The van der Waals surface area contributed by atoms with Crippen molar-refractivity contribution >= 4 is 17.4 Å². The zero-order valence-electron chi connectivity index (χ0n) is 26.9. The number of ether oxygens (including phenoxy) is 5. The van der Waals surface area contributed by atoms with E-state index in [0.717, 1.165) is 22.3 Å². The first kappa shape index (κ1) is 34.4. The number of rotatable bonds is 16. The van der Waals surface area contributed by atoms with Gasteiger partial charge in [0.05, 0.1) is 43.0 Å². The fourth-order valence-electron chi connectivity index (χ4n) is 5.51. The van der Waals surface area contributed by atoms with Crippen molar-refractivity contribution in [1.29, 1.82) is 0 Å². The minimum atomic E-state index is -0.614. The Kier molecular flexibility index (Phi) is 12.5. The highest BCUT2D eigenvalue weighted by atomic mass is 32.2. The molecular formula is C39H38N2O7S. The zero-order valence-corrected chi connectivity index (χ0v) is 27.7. The second-order valence-electron chi connectivity index (χ2n) is 11.6. The van der Waals surface area contributed by atoms with Crippen molar-refractivity contribution in [1.82, 2.24) is 4.98 Å². The summed E-state index contributed by atoms with van der Waals surface area (Å²) in [6.45, 7) is 1.60. The fourth-order valence-corrected chi connectivity index (χ4v) is 6.58. The summed E-state index contributed by atoms with van der Waals surface area (Å²) in [7, 11) is 0. The van der Waals surface area contributed by atoms with Gasteiger partial charge in [0.25, 0.3) is 5.69 Å². The van der Waals surface area contributed by atoms with Gasteiger partial charge in [-0.05, 0) is 28.3 Å². The molecule has 0 N–H and O–H groups in total. The maximum atomic E-state index is 11.3. The van der Waals surface area contributed by atoms with Crippen molar-refractivity contribution in [3.63, 3.8) is 0 Å². The van der Waals surface area contributed by atoms with Gasteiger partial charge in [-0.3, -0.25) is 10.1 Å². The van der Waals surface area contributed by atoms with Crippen molar-refractivity contribution in [2.24, 2.45) is 0 Å². The van der Waals surface area contributed by atoms with E-state index < -0.39 is 34.8 Å². The number of aromatic nitrogens is 1. The van der Waals surface area contributed by atoms with Crippen LogP contribution in [-0.4, -0.2) is 46.4 Å². The third kappa shape index (κ3) is 10.1. The van der Waals surface area contributed by atoms with Crippen LogP contribution in [0.5, 0.6) is 0 Å². The third-order valence-corrected chi connectivity index (χ3v) is 9.10. The molecule has 0 spiro atoms. The Labute approximate surface area is 290 Å². The predicted octanol–water partition coefficient (Wildman–Crippen LogP) is 7.78. The van der Waals surface area contributed by atoms with Crippen LogP contribution in [0, 0.1) is 10.1 Å². The molecule has 252 valence electrons. The molecule has 1 fully saturated rings. The summed E-state index contributed by atoms with van der Waals surface area (Å²) in [4.78, 5) is 15.2. The lowest BCUT2D eigenvalue weighted by atomic mass is 9.98. The van der Waals surface area contributed by atoms with Crippen LogP contribution < -0.4 is 0 Å². The van der Waals surface area contributed by atoms with E-state index in [0.29, 0.717) is 31.5 Å². The van der Waals surface area contributed by atoms with Crippen LogP contribution in [0.4, 0.5) is 5.69 Å². The Balaban J connectivity index is 1.32. The first-order valence-electron chi connectivity index (χ1n) is 16.1. The summed E-state index contributed by atoms with van der Waals surface area (Å²) in [5, 5.41) is 11.9. The van der Waals surface area contributed by atoms with Gasteiger partial charge in [-0.15, -0.1) is 0 Å². The smallest absolute Gasteiger partial charge is 0.287 e. The highest BCUT2D eigenvalue weighted by Gasteiger charge is 2.49. The van der Waals surface area contributed by atoms with Crippen molar-refractivity contribution in [2.75, 3.05) is 6.61 Å². The number of hydrogen-bond acceptors (Lipinski definition) is 9. The lowest BCUT2D eigenvalue weighted by Crippen LogP contribution is -2.60. The molecule has 6 rings (SSSR count). The van der Waals surface area contributed by atoms with E-state index in [2.05, 4.69) is 4.98 Å². The summed E-state index contributed by atoms with van der Waals surface area (Å²) in [5.74, 6) is 0. The summed E-state index contributed by atoms with van der Waals surface area (Å²) in [5.41, 5.74) is 3.37. The normalized spacial score (nSPS) is 20.5. The molecule has 0 amide bonds. The molecule has 0 saturated carbocycles. The largest absolute Gasteiger partial charge is 0.374 e. The quantitative estimate of drug-likeness (QED) is 0.0765. The molecule has 4 aromatic carbocycles. The molecule has 49 heavy (non-hydrogen) atoms. The van der Waals surface area contributed by atoms with Crippen LogP contribution in [0.1, 0.15) is 22.3 Å². The number of nitro groups is 1. The van der Waals surface area contributed by atoms with Crippen LogP contribution in [0.2, 0.25) is 0 Å². The minimum absolute atomic E-state index is 0.0866. The van der Waals surface area contributed by atoms with Crippen LogP contribution in [0.3, 0.4) is 0 Å². The molecular weight excluding hydrogens is 641 g/mol. The third-order valence-electron chi connectivity index (χ3n) is 8.01. The van der Waals surface area contributed by atoms with Gasteiger partial charge >= 0.3 is 0 Å². The standard InChI is InChI=1S/C39H38N2O7S/c42-41(43)33-21-22-35(40-23-33)49-39-38(47-27-32-19-11-4-12-20-32)37(46-26-31-17-9-3-10-18-31)36(45-25-30-15-7-2-8-16-30)34(48-39)28-44-24-29-13-5-1-6-14-29/h1-23,34,36-39H,24-28H2/t34-,36-,37+,38-,39?/m1/s1. The molecule has 9 nitrogen and oxygen atoms in total. The number of hydrogen-bond donors (Lipinski definition) is 0. The summed E-state index contributed by atoms with van der Waals surface area (Å²) >= 11 is 1.33. The van der Waals surface area contributed by atoms with Crippen LogP contribution in [-0.2, 0) is 50.1 Å². The van der Waals surface area contributed by atoms with Crippen molar-refractivity contribution in [3.8, 4) is 0 Å². The van der Waals surface area contributed by atoms with Gasteiger partial charge in [-0.1, -0.05) is 133 Å². The minimum Gasteiger partial charge on any atom is -0.374 e. The Bertz CT molecular complexity index is 1700. The SMILES string of the molecule is O=[N+]([O-])c1ccc(SC2O[C@H](COCc3ccccc3)[C@@H](OCc3ccccc3)[C@H](OCc3ccccc3)[C@H]2OCc2ccccc2)nc1. The molecule has 1 aliphatic rings. The molecule has 10 heteroatoms. The molecule has 1 unspecified atom stereocenters. The maximum absolute atomic E-state index is 11.3. The van der Waals surface area contributed by atoms with Gasteiger partial charge < -0.3 is 23.7 Å². The molecule has 0 radical (unpaired) electrons. The number of pyridine rings is 1. The van der Waals surface area contributed by atoms with Crippen LogP contribution in [0.15, 0.2) is 145 Å². The second-order valence-corrected chi connectivity index (χ2v) is 12.7. The molecule has 2 heterocycles. The van der Waals surface area contributed by atoms with E-state index in [1.807, 2.05) is 121 Å². The Morgan fingerprint density at radius 3 is 1.55 bits per heavy atom. The number of benzene rings is 4. The highest BCUT2D eigenvalue weighted by molar-refractivity contribution is 7.99. The van der Waals surface area contributed by atoms with E-state index in [1.165, 1.54) is 24.0 Å². The topological polar surface area (TPSA) is 102 Å². The molecule has 1 aliphatic heterocycles. The van der Waals surface area contributed by atoms with Crippen molar-refractivity contribution < 1.29 is 28.6 Å². The summed E-state index contributed by atoms with van der Waals surface area (Å²) in [6.07, 6.45) is -1.05.